The first-order valence-electron chi connectivity index (χ1n) is 12.5. The van der Waals surface area contributed by atoms with Gasteiger partial charge in [-0.25, -0.2) is 4.39 Å². The van der Waals surface area contributed by atoms with E-state index in [1.807, 2.05) is 6.92 Å². The van der Waals surface area contributed by atoms with E-state index < -0.39 is 6.04 Å². The molecule has 0 spiro atoms. The fourth-order valence-corrected chi connectivity index (χ4v) is 6.86. The molecule has 0 radical (unpaired) electrons. The van der Waals surface area contributed by atoms with Crippen LogP contribution in [-0.2, 0) is 4.79 Å². The Morgan fingerprint density at radius 2 is 1.85 bits per heavy atom. The van der Waals surface area contributed by atoms with Crippen LogP contribution in [0.4, 0.5) is 4.39 Å². The third-order valence-electron chi connectivity index (χ3n) is 8.31. The molecule has 4 saturated carbocycles. The van der Waals surface area contributed by atoms with Crippen LogP contribution in [0, 0.1) is 29.5 Å². The largest absolute Gasteiger partial charge is 0.371 e. The SMILES string of the molecule is CN=C(C)N[C@@H]1CC[C@@H](C(=O)N[C@H](c2c(F)ccc(Cl)c2Cl)[C@H]2CCCC3CCC2CC3)C1. The zero-order chi connectivity index (χ0) is 23.5. The predicted octanol–water partition coefficient (Wildman–Crippen LogP) is 6.70. The van der Waals surface area contributed by atoms with Gasteiger partial charge in [-0.2, -0.15) is 0 Å². The van der Waals surface area contributed by atoms with Crippen molar-refractivity contribution in [3.05, 3.63) is 33.6 Å². The normalized spacial score (nSPS) is 31.1. The minimum Gasteiger partial charge on any atom is -0.371 e. The monoisotopic (exact) mass is 495 g/mol. The average molecular weight is 496 g/mol. The van der Waals surface area contributed by atoms with Crippen LogP contribution in [-0.4, -0.2) is 24.8 Å². The van der Waals surface area contributed by atoms with Crippen LogP contribution >= 0.6 is 23.2 Å². The molecular weight excluding hydrogens is 460 g/mol. The predicted molar refractivity (Wildman–Crippen MR) is 133 cm³/mol. The lowest BCUT2D eigenvalue weighted by Gasteiger charge is -2.42. The highest BCUT2D eigenvalue weighted by Crippen LogP contribution is 2.47. The van der Waals surface area contributed by atoms with Crippen LogP contribution in [0.25, 0.3) is 0 Å². The van der Waals surface area contributed by atoms with Crippen LogP contribution in [0.3, 0.4) is 0 Å². The lowest BCUT2D eigenvalue weighted by Crippen LogP contribution is -2.41. The summed E-state index contributed by atoms with van der Waals surface area (Å²) in [5.41, 5.74) is 0.367. The summed E-state index contributed by atoms with van der Waals surface area (Å²) in [6, 6.07) is 2.67. The molecule has 0 saturated heterocycles. The van der Waals surface area contributed by atoms with E-state index in [0.717, 1.165) is 56.7 Å². The quantitative estimate of drug-likeness (QED) is 0.271. The van der Waals surface area contributed by atoms with Crippen molar-refractivity contribution in [2.24, 2.45) is 28.7 Å². The molecular formula is C26H36Cl2FN3O. The number of halogens is 3. The Morgan fingerprint density at radius 1 is 1.09 bits per heavy atom. The number of nitrogens with zero attached hydrogens (tertiary/aromatic N) is 1. The second-order valence-corrected chi connectivity index (χ2v) is 11.1. The first-order valence-corrected chi connectivity index (χ1v) is 13.3. The number of benzene rings is 1. The van der Waals surface area contributed by atoms with Gasteiger partial charge >= 0.3 is 0 Å². The van der Waals surface area contributed by atoms with Crippen molar-refractivity contribution in [3.8, 4) is 0 Å². The molecule has 0 aromatic heterocycles. The summed E-state index contributed by atoms with van der Waals surface area (Å²) in [6.07, 6.45) is 10.6. The molecule has 0 unspecified atom stereocenters. The molecule has 1 amide bonds. The lowest BCUT2D eigenvalue weighted by molar-refractivity contribution is -0.126. The second kappa shape index (κ2) is 10.9. The van der Waals surface area contributed by atoms with E-state index in [4.69, 9.17) is 23.2 Å². The maximum absolute atomic E-state index is 15.2. The summed E-state index contributed by atoms with van der Waals surface area (Å²) >= 11 is 12.9. The fraction of sp³-hybridized carbons (Fsp3) is 0.692. The van der Waals surface area contributed by atoms with Gasteiger partial charge in [0.15, 0.2) is 0 Å². The molecule has 1 aromatic carbocycles. The first kappa shape index (κ1) is 24.8. The highest BCUT2D eigenvalue weighted by Gasteiger charge is 2.40. The molecule has 4 aliphatic rings. The summed E-state index contributed by atoms with van der Waals surface area (Å²) in [6.45, 7) is 1.94. The number of nitrogens with one attached hydrogen (secondary N) is 2. The van der Waals surface area contributed by atoms with Crippen molar-refractivity contribution in [3.63, 3.8) is 0 Å². The van der Waals surface area contributed by atoms with E-state index in [1.165, 1.54) is 31.4 Å². The van der Waals surface area contributed by atoms with Gasteiger partial charge in [-0.1, -0.05) is 48.9 Å². The summed E-state index contributed by atoms with van der Waals surface area (Å²) in [5.74, 6) is 1.89. The standard InChI is InChI=1S/C26H36Cl2FN3O/c1-15(30-2)31-19-11-10-18(14-19)26(33)32-25(23-22(29)13-12-21(27)24(23)28)20-5-3-4-16-6-8-17(20)9-7-16/h12-13,16-20,25H,3-11,14H2,1-2H3,(H,30,31)(H,32,33)/t16?,17?,18-,19-,20+,25+/m1/s1. The van der Waals surface area contributed by atoms with Gasteiger partial charge in [0, 0.05) is 24.6 Å². The molecule has 0 aliphatic heterocycles. The van der Waals surface area contributed by atoms with E-state index in [1.54, 1.807) is 7.05 Å². The van der Waals surface area contributed by atoms with Gasteiger partial charge in [0.1, 0.15) is 5.82 Å². The van der Waals surface area contributed by atoms with Crippen LogP contribution in [0.5, 0.6) is 0 Å². The maximum Gasteiger partial charge on any atom is 0.223 e. The molecule has 5 rings (SSSR count). The van der Waals surface area contributed by atoms with Crippen molar-refractivity contribution in [1.82, 2.24) is 10.6 Å². The Hall–Kier alpha value is -1.33. The van der Waals surface area contributed by atoms with Crippen molar-refractivity contribution in [1.29, 1.82) is 0 Å². The number of aliphatic imine (C=N–C) groups is 1. The van der Waals surface area contributed by atoms with E-state index in [2.05, 4.69) is 15.6 Å². The van der Waals surface area contributed by atoms with Gasteiger partial charge in [0.2, 0.25) is 5.91 Å². The van der Waals surface area contributed by atoms with Gasteiger partial charge in [0.05, 0.1) is 21.9 Å². The Balaban J connectivity index is 1.58. The van der Waals surface area contributed by atoms with E-state index >= 15 is 4.39 Å². The molecule has 4 fully saturated rings. The van der Waals surface area contributed by atoms with Gasteiger partial charge < -0.3 is 10.6 Å². The zero-order valence-corrected chi connectivity index (χ0v) is 21.2. The Labute approximate surface area is 207 Å². The van der Waals surface area contributed by atoms with Gasteiger partial charge in [0.25, 0.3) is 0 Å². The van der Waals surface area contributed by atoms with Crippen molar-refractivity contribution >= 4 is 34.9 Å². The van der Waals surface area contributed by atoms with E-state index in [9.17, 15) is 4.79 Å². The highest BCUT2D eigenvalue weighted by atomic mass is 35.5. The number of hydrogen-bond acceptors (Lipinski definition) is 2. The van der Waals surface area contributed by atoms with Crippen molar-refractivity contribution in [2.75, 3.05) is 7.05 Å². The number of amidine groups is 1. The van der Waals surface area contributed by atoms with Crippen LogP contribution in [0.15, 0.2) is 17.1 Å². The minimum absolute atomic E-state index is 0.00146. The first-order chi connectivity index (χ1) is 15.9. The molecule has 7 heteroatoms. The van der Waals surface area contributed by atoms with Crippen LogP contribution < -0.4 is 10.6 Å². The minimum atomic E-state index is -0.450. The molecule has 4 nitrogen and oxygen atoms in total. The molecule has 2 bridgehead atoms. The highest BCUT2D eigenvalue weighted by molar-refractivity contribution is 6.42. The zero-order valence-electron chi connectivity index (χ0n) is 19.7. The third kappa shape index (κ3) is 5.67. The summed E-state index contributed by atoms with van der Waals surface area (Å²) in [7, 11) is 1.76. The Kier molecular flexibility index (Phi) is 8.22. The summed E-state index contributed by atoms with van der Waals surface area (Å²) in [5, 5.41) is 7.26. The van der Waals surface area contributed by atoms with Gasteiger partial charge in [-0.05, 0) is 75.3 Å². The Morgan fingerprint density at radius 3 is 2.58 bits per heavy atom. The number of carbonyl (C=O) groups excluding carboxylic acids is 1. The molecule has 182 valence electrons. The fourth-order valence-electron chi connectivity index (χ4n) is 6.42. The molecule has 2 N–H and O–H groups in total. The van der Waals surface area contributed by atoms with Crippen LogP contribution in [0.2, 0.25) is 10.0 Å². The van der Waals surface area contributed by atoms with Gasteiger partial charge in [-0.15, -0.1) is 0 Å². The molecule has 0 heterocycles. The third-order valence-corrected chi connectivity index (χ3v) is 9.13. The number of amides is 1. The second-order valence-electron chi connectivity index (χ2n) is 10.3. The average Bonchev–Trinajstić information content (AvgIpc) is 3.25. The number of fused-ring (bicyclic) bond motifs is 5. The lowest BCUT2D eigenvalue weighted by atomic mass is 9.67. The smallest absolute Gasteiger partial charge is 0.223 e. The summed E-state index contributed by atoms with van der Waals surface area (Å²) < 4.78 is 15.2. The van der Waals surface area contributed by atoms with Crippen molar-refractivity contribution in [2.45, 2.75) is 83.2 Å². The molecule has 1 aromatic rings. The number of hydrogen-bond donors (Lipinski definition) is 2. The topological polar surface area (TPSA) is 53.5 Å². The molecule has 33 heavy (non-hydrogen) atoms. The van der Waals surface area contributed by atoms with Gasteiger partial charge in [-0.3, -0.25) is 9.79 Å². The van der Waals surface area contributed by atoms with E-state index in [0.29, 0.717) is 16.5 Å². The summed E-state index contributed by atoms with van der Waals surface area (Å²) in [4.78, 5) is 17.6. The molecule has 4 atom stereocenters. The number of rotatable bonds is 5. The number of carbonyl (C=O) groups is 1. The van der Waals surface area contributed by atoms with Crippen molar-refractivity contribution < 1.29 is 9.18 Å². The Bertz CT molecular complexity index is 882. The van der Waals surface area contributed by atoms with E-state index in [-0.39, 0.29) is 34.6 Å². The maximum atomic E-state index is 15.2. The van der Waals surface area contributed by atoms with Crippen LogP contribution in [0.1, 0.15) is 82.7 Å². The molecule has 4 aliphatic carbocycles.